The number of primary sulfonamides is 1. The van der Waals surface area contributed by atoms with E-state index in [4.69, 9.17) is 0 Å². The summed E-state index contributed by atoms with van der Waals surface area (Å²) in [6, 6.07) is 0.380. The molecule has 0 atom stereocenters. The topological polar surface area (TPSA) is 60.2 Å². The molecule has 0 unspecified atom stereocenters. The van der Waals surface area contributed by atoms with Crippen LogP contribution in [0.5, 0.6) is 0 Å². The first-order valence-electron chi connectivity index (χ1n) is 4.26. The molecule has 0 aliphatic carbocycles. The molecule has 0 saturated carbocycles. The molecule has 1 aromatic carbocycles. The van der Waals surface area contributed by atoms with E-state index >= 15 is 0 Å². The van der Waals surface area contributed by atoms with E-state index in [0.29, 0.717) is 0 Å². The van der Waals surface area contributed by atoms with E-state index in [9.17, 15) is 34.8 Å². The molecule has 3 nitrogen and oxygen atoms in total. The van der Waals surface area contributed by atoms with Gasteiger partial charge >= 0.3 is 12.4 Å². The maximum absolute atomic E-state index is 12.7. The maximum atomic E-state index is 12.7. The van der Waals surface area contributed by atoms with Crippen molar-refractivity contribution in [3.63, 3.8) is 0 Å². The predicted octanol–water partition coefficient (Wildman–Crippen LogP) is 3.13. The zero-order valence-electron chi connectivity index (χ0n) is 8.60. The lowest BCUT2D eigenvalue weighted by atomic mass is 10.1. The summed E-state index contributed by atoms with van der Waals surface area (Å²) in [4.78, 5) is -1.43. The van der Waals surface area contributed by atoms with Gasteiger partial charge in [-0.1, -0.05) is 0 Å². The van der Waals surface area contributed by atoms with Crippen molar-refractivity contribution >= 4 is 26.0 Å². The second-order valence-corrected chi connectivity index (χ2v) is 5.66. The van der Waals surface area contributed by atoms with E-state index in [1.54, 1.807) is 0 Å². The van der Waals surface area contributed by atoms with Crippen LogP contribution in [0.1, 0.15) is 11.1 Å². The van der Waals surface area contributed by atoms with Crippen molar-refractivity contribution in [3.05, 3.63) is 27.7 Å². The standard InChI is InChI=1S/C8H4BrF6NO2S/c9-6-3(7(10,11)12)1-2-4(19(16,17)18)5(6)8(13,14)15/h1-2H,(H2,16,17,18). The Bertz CT molecular complexity index is 607. The van der Waals surface area contributed by atoms with Gasteiger partial charge in [0.05, 0.1) is 16.0 Å². The van der Waals surface area contributed by atoms with E-state index in [1.807, 2.05) is 0 Å². The summed E-state index contributed by atoms with van der Waals surface area (Å²) >= 11 is 2.14. The van der Waals surface area contributed by atoms with Crippen LogP contribution < -0.4 is 5.14 Å². The van der Waals surface area contributed by atoms with Gasteiger partial charge in [0.15, 0.2) is 0 Å². The second-order valence-electron chi connectivity index (χ2n) is 3.34. The number of hydrogen-bond donors (Lipinski definition) is 1. The SMILES string of the molecule is NS(=O)(=O)c1ccc(C(F)(F)F)c(Br)c1C(F)(F)F. The number of alkyl halides is 6. The first kappa shape index (κ1) is 16.2. The normalized spacial score (nSPS) is 13.7. The Labute approximate surface area is 111 Å². The molecule has 0 aliphatic heterocycles. The van der Waals surface area contributed by atoms with Crippen LogP contribution in [-0.4, -0.2) is 8.42 Å². The molecule has 0 fully saturated rings. The molecule has 19 heavy (non-hydrogen) atoms. The second kappa shape index (κ2) is 4.63. The summed E-state index contributed by atoms with van der Waals surface area (Å²) in [7, 11) is -4.82. The molecule has 0 bridgehead atoms. The van der Waals surface area contributed by atoms with Crippen molar-refractivity contribution in [1.82, 2.24) is 0 Å². The molecule has 1 rings (SSSR count). The lowest BCUT2D eigenvalue weighted by Crippen LogP contribution is -2.21. The highest BCUT2D eigenvalue weighted by atomic mass is 79.9. The van der Waals surface area contributed by atoms with Crippen molar-refractivity contribution in [3.8, 4) is 0 Å². The van der Waals surface area contributed by atoms with Crippen LogP contribution in [-0.2, 0) is 22.4 Å². The van der Waals surface area contributed by atoms with Gasteiger partial charge in [-0.15, -0.1) is 0 Å². The minimum atomic E-state index is -5.32. The molecule has 108 valence electrons. The van der Waals surface area contributed by atoms with E-state index in [-0.39, 0.29) is 12.1 Å². The molecule has 0 spiro atoms. The van der Waals surface area contributed by atoms with Crippen molar-refractivity contribution < 1.29 is 34.8 Å². The van der Waals surface area contributed by atoms with Gasteiger partial charge in [0.1, 0.15) is 0 Å². The Morgan fingerprint density at radius 1 is 1.00 bits per heavy atom. The molecule has 0 radical (unpaired) electrons. The molecule has 2 N–H and O–H groups in total. The lowest BCUT2D eigenvalue weighted by Gasteiger charge is -2.17. The largest absolute Gasteiger partial charge is 0.418 e. The minimum absolute atomic E-state index is 0.172. The monoisotopic (exact) mass is 371 g/mol. The third-order valence-electron chi connectivity index (χ3n) is 2.00. The highest BCUT2D eigenvalue weighted by Gasteiger charge is 2.43. The molecule has 0 aromatic heterocycles. The van der Waals surface area contributed by atoms with E-state index in [2.05, 4.69) is 21.1 Å². The van der Waals surface area contributed by atoms with E-state index in [0.717, 1.165) is 0 Å². The van der Waals surface area contributed by atoms with Crippen LogP contribution >= 0.6 is 15.9 Å². The molecule has 0 amide bonds. The summed E-state index contributed by atoms with van der Waals surface area (Å²) in [5.74, 6) is 0. The minimum Gasteiger partial charge on any atom is -0.225 e. The van der Waals surface area contributed by atoms with Crippen LogP contribution in [0, 0.1) is 0 Å². The van der Waals surface area contributed by atoms with Crippen molar-refractivity contribution in [2.75, 3.05) is 0 Å². The Hall–Kier alpha value is -0.810. The average Bonchev–Trinajstić information content (AvgIpc) is 2.11. The van der Waals surface area contributed by atoms with Crippen LogP contribution in [0.15, 0.2) is 21.5 Å². The molecular formula is C8H4BrF6NO2S. The highest BCUT2D eigenvalue weighted by molar-refractivity contribution is 9.10. The molecule has 1 aromatic rings. The molecule has 11 heteroatoms. The van der Waals surface area contributed by atoms with Gasteiger partial charge in [0, 0.05) is 4.47 Å². The quantitative estimate of drug-likeness (QED) is 0.771. The number of sulfonamides is 1. The van der Waals surface area contributed by atoms with Crippen LogP contribution in [0.25, 0.3) is 0 Å². The fraction of sp³-hybridized carbons (Fsp3) is 0.250. The average molecular weight is 372 g/mol. The number of benzene rings is 1. The van der Waals surface area contributed by atoms with Crippen molar-refractivity contribution in [1.29, 1.82) is 0 Å². The van der Waals surface area contributed by atoms with Gasteiger partial charge in [-0.2, -0.15) is 26.3 Å². The number of rotatable bonds is 1. The van der Waals surface area contributed by atoms with Crippen LogP contribution in [0.4, 0.5) is 26.3 Å². The van der Waals surface area contributed by atoms with Gasteiger partial charge in [-0.25, -0.2) is 13.6 Å². The van der Waals surface area contributed by atoms with Crippen molar-refractivity contribution in [2.45, 2.75) is 17.2 Å². The van der Waals surface area contributed by atoms with E-state index in [1.165, 1.54) is 0 Å². The van der Waals surface area contributed by atoms with Gasteiger partial charge in [0.2, 0.25) is 10.0 Å². The summed E-state index contributed by atoms with van der Waals surface area (Å²) in [5, 5.41) is 4.55. The van der Waals surface area contributed by atoms with E-state index < -0.39 is 42.9 Å². The third kappa shape index (κ3) is 3.39. The van der Waals surface area contributed by atoms with Gasteiger partial charge < -0.3 is 0 Å². The molecule has 0 saturated heterocycles. The van der Waals surface area contributed by atoms with Gasteiger partial charge in [-0.3, -0.25) is 0 Å². The number of hydrogen-bond acceptors (Lipinski definition) is 2. The zero-order chi connectivity index (χ0) is 15.2. The Morgan fingerprint density at radius 3 is 1.79 bits per heavy atom. The number of nitrogens with two attached hydrogens (primary N) is 1. The third-order valence-corrected chi connectivity index (χ3v) is 3.78. The molecule has 0 heterocycles. The Morgan fingerprint density at radius 2 is 1.47 bits per heavy atom. The highest BCUT2D eigenvalue weighted by Crippen LogP contribution is 2.44. The Balaban J connectivity index is 3.81. The molecule has 0 aliphatic rings. The van der Waals surface area contributed by atoms with Gasteiger partial charge in [0.25, 0.3) is 0 Å². The predicted molar refractivity (Wildman–Crippen MR) is 55.5 cm³/mol. The fourth-order valence-corrected chi connectivity index (χ4v) is 2.97. The summed E-state index contributed by atoms with van der Waals surface area (Å²) < 4.78 is 96.0. The first-order valence-corrected chi connectivity index (χ1v) is 6.60. The maximum Gasteiger partial charge on any atom is 0.418 e. The van der Waals surface area contributed by atoms with Crippen LogP contribution in [0.3, 0.4) is 0 Å². The number of halogens is 7. The summed E-state index contributed by atoms with van der Waals surface area (Å²) in [6.45, 7) is 0. The smallest absolute Gasteiger partial charge is 0.225 e. The Kier molecular flexibility index (Phi) is 3.96. The van der Waals surface area contributed by atoms with Crippen molar-refractivity contribution in [2.24, 2.45) is 5.14 Å². The fourth-order valence-electron chi connectivity index (χ4n) is 1.28. The van der Waals surface area contributed by atoms with Crippen LogP contribution in [0.2, 0.25) is 0 Å². The summed E-state index contributed by atoms with van der Waals surface area (Å²) in [5.41, 5.74) is -3.63. The molecular weight excluding hydrogens is 368 g/mol. The lowest BCUT2D eigenvalue weighted by molar-refractivity contribution is -0.145. The zero-order valence-corrected chi connectivity index (χ0v) is 11.0. The van der Waals surface area contributed by atoms with Gasteiger partial charge in [-0.05, 0) is 28.1 Å². The summed E-state index contributed by atoms with van der Waals surface area (Å²) in [6.07, 6.45) is -10.4. The first-order chi connectivity index (χ1) is 8.26.